The predicted molar refractivity (Wildman–Crippen MR) is 68.1 cm³/mol. The lowest BCUT2D eigenvalue weighted by Crippen LogP contribution is -2.47. The van der Waals surface area contributed by atoms with E-state index < -0.39 is 0 Å². The number of ether oxygens (including phenoxy) is 1. The van der Waals surface area contributed by atoms with Crippen molar-refractivity contribution in [1.82, 2.24) is 5.32 Å². The Balaban J connectivity index is 1.88. The molecule has 3 nitrogen and oxygen atoms in total. The third-order valence-electron chi connectivity index (χ3n) is 3.78. The van der Waals surface area contributed by atoms with Crippen LogP contribution in [0.2, 0.25) is 0 Å². The van der Waals surface area contributed by atoms with E-state index in [1.54, 1.807) is 7.11 Å². The number of benzene rings is 1. The molecule has 0 aromatic heterocycles. The SMILES string of the molecule is COC1(CNCc2cccc(C)c2O)CCC1. The maximum absolute atomic E-state index is 9.88. The van der Waals surface area contributed by atoms with Crippen LogP contribution in [-0.4, -0.2) is 24.4 Å². The van der Waals surface area contributed by atoms with Gasteiger partial charge >= 0.3 is 0 Å². The number of aryl methyl sites for hydroxylation is 1. The lowest BCUT2D eigenvalue weighted by molar-refractivity contribution is -0.0695. The Morgan fingerprint density at radius 1 is 1.41 bits per heavy atom. The zero-order chi connectivity index (χ0) is 12.3. The highest BCUT2D eigenvalue weighted by atomic mass is 16.5. The molecule has 3 heteroatoms. The molecule has 0 atom stereocenters. The summed E-state index contributed by atoms with van der Waals surface area (Å²) in [6.07, 6.45) is 3.53. The summed E-state index contributed by atoms with van der Waals surface area (Å²) in [5, 5.41) is 13.3. The molecule has 0 heterocycles. The van der Waals surface area contributed by atoms with Gasteiger partial charge in [-0.25, -0.2) is 0 Å². The van der Waals surface area contributed by atoms with Crippen molar-refractivity contribution >= 4 is 0 Å². The topological polar surface area (TPSA) is 41.5 Å². The number of nitrogens with one attached hydrogen (secondary N) is 1. The van der Waals surface area contributed by atoms with Crippen LogP contribution in [0.3, 0.4) is 0 Å². The fraction of sp³-hybridized carbons (Fsp3) is 0.571. The van der Waals surface area contributed by atoms with Gasteiger partial charge in [-0.3, -0.25) is 0 Å². The van der Waals surface area contributed by atoms with Crippen molar-refractivity contribution in [3.63, 3.8) is 0 Å². The van der Waals surface area contributed by atoms with Crippen LogP contribution in [0.25, 0.3) is 0 Å². The van der Waals surface area contributed by atoms with Gasteiger partial charge in [0.1, 0.15) is 5.75 Å². The summed E-state index contributed by atoms with van der Waals surface area (Å²) in [5.41, 5.74) is 1.92. The molecule has 94 valence electrons. The van der Waals surface area contributed by atoms with Crippen LogP contribution in [0, 0.1) is 6.92 Å². The van der Waals surface area contributed by atoms with Gasteiger partial charge in [-0.2, -0.15) is 0 Å². The number of hydrogen-bond acceptors (Lipinski definition) is 3. The Morgan fingerprint density at radius 3 is 2.76 bits per heavy atom. The molecule has 1 aliphatic rings. The number of hydrogen-bond donors (Lipinski definition) is 2. The molecular weight excluding hydrogens is 214 g/mol. The van der Waals surface area contributed by atoms with Crippen LogP contribution in [0.4, 0.5) is 0 Å². The molecule has 17 heavy (non-hydrogen) atoms. The Labute approximate surface area is 103 Å². The number of para-hydroxylation sites is 1. The molecule has 1 fully saturated rings. The minimum atomic E-state index is 0.0411. The molecule has 1 saturated carbocycles. The summed E-state index contributed by atoms with van der Waals surface area (Å²) >= 11 is 0. The van der Waals surface area contributed by atoms with Gasteiger partial charge in [0.05, 0.1) is 5.60 Å². The largest absolute Gasteiger partial charge is 0.507 e. The molecule has 2 N–H and O–H groups in total. The maximum atomic E-state index is 9.88. The van der Waals surface area contributed by atoms with Crippen molar-refractivity contribution in [2.45, 2.75) is 38.3 Å². The van der Waals surface area contributed by atoms with Crippen molar-refractivity contribution in [3.8, 4) is 5.75 Å². The molecule has 0 amide bonds. The van der Waals surface area contributed by atoms with Crippen molar-refractivity contribution < 1.29 is 9.84 Å². The van der Waals surface area contributed by atoms with E-state index in [4.69, 9.17) is 4.74 Å². The molecule has 0 bridgehead atoms. The van der Waals surface area contributed by atoms with Gasteiger partial charge in [-0.1, -0.05) is 18.2 Å². The van der Waals surface area contributed by atoms with Crippen LogP contribution in [0.5, 0.6) is 5.75 Å². The van der Waals surface area contributed by atoms with Crippen molar-refractivity contribution in [2.75, 3.05) is 13.7 Å². The normalized spacial score (nSPS) is 17.8. The Kier molecular flexibility index (Phi) is 3.69. The van der Waals surface area contributed by atoms with Crippen molar-refractivity contribution in [3.05, 3.63) is 29.3 Å². The van der Waals surface area contributed by atoms with E-state index >= 15 is 0 Å². The molecule has 1 aliphatic carbocycles. The zero-order valence-corrected chi connectivity index (χ0v) is 10.6. The molecular formula is C14H21NO2. The Morgan fingerprint density at radius 2 is 2.18 bits per heavy atom. The molecule has 0 unspecified atom stereocenters. The van der Waals surface area contributed by atoms with Crippen LogP contribution >= 0.6 is 0 Å². The fourth-order valence-corrected chi connectivity index (χ4v) is 2.31. The number of methoxy groups -OCH3 is 1. The van der Waals surface area contributed by atoms with E-state index in [1.165, 1.54) is 6.42 Å². The molecule has 2 rings (SSSR count). The highest BCUT2D eigenvalue weighted by Crippen LogP contribution is 2.34. The number of rotatable bonds is 5. The number of aromatic hydroxyl groups is 1. The van der Waals surface area contributed by atoms with Gasteiger partial charge in [0.15, 0.2) is 0 Å². The average molecular weight is 235 g/mol. The summed E-state index contributed by atoms with van der Waals surface area (Å²) in [5.74, 6) is 0.403. The van der Waals surface area contributed by atoms with Crippen LogP contribution < -0.4 is 5.32 Å². The second-order valence-corrected chi connectivity index (χ2v) is 4.93. The van der Waals surface area contributed by atoms with Crippen LogP contribution in [0.1, 0.15) is 30.4 Å². The first-order valence-corrected chi connectivity index (χ1v) is 6.20. The van der Waals surface area contributed by atoms with Gasteiger partial charge in [-0.05, 0) is 31.7 Å². The molecule has 1 aromatic rings. The van der Waals surface area contributed by atoms with E-state index in [-0.39, 0.29) is 5.60 Å². The standard InChI is InChI=1S/C14H21NO2/c1-11-5-3-6-12(13(11)16)9-15-10-14(17-2)7-4-8-14/h3,5-6,15-16H,4,7-10H2,1-2H3. The number of phenolic OH excluding ortho intramolecular Hbond substituents is 1. The molecule has 0 radical (unpaired) electrons. The Bertz CT molecular complexity index is 380. The van der Waals surface area contributed by atoms with E-state index in [2.05, 4.69) is 5.32 Å². The second-order valence-electron chi connectivity index (χ2n) is 4.93. The quantitative estimate of drug-likeness (QED) is 0.823. The monoisotopic (exact) mass is 235 g/mol. The highest BCUT2D eigenvalue weighted by molar-refractivity contribution is 5.39. The van der Waals surface area contributed by atoms with Gasteiger partial charge < -0.3 is 15.2 Å². The summed E-state index contributed by atoms with van der Waals surface area (Å²) < 4.78 is 5.54. The molecule has 1 aromatic carbocycles. The molecule has 0 saturated heterocycles. The van der Waals surface area contributed by atoms with E-state index in [1.807, 2.05) is 25.1 Å². The summed E-state index contributed by atoms with van der Waals surface area (Å²) in [7, 11) is 1.78. The van der Waals surface area contributed by atoms with E-state index in [0.717, 1.165) is 30.5 Å². The highest BCUT2D eigenvalue weighted by Gasteiger charge is 2.36. The van der Waals surface area contributed by atoms with Crippen molar-refractivity contribution in [2.24, 2.45) is 0 Å². The smallest absolute Gasteiger partial charge is 0.122 e. The molecule has 0 aliphatic heterocycles. The first kappa shape index (κ1) is 12.4. The average Bonchev–Trinajstić information content (AvgIpc) is 2.28. The zero-order valence-electron chi connectivity index (χ0n) is 10.6. The van der Waals surface area contributed by atoms with Crippen molar-refractivity contribution in [1.29, 1.82) is 0 Å². The first-order valence-electron chi connectivity index (χ1n) is 6.20. The third-order valence-corrected chi connectivity index (χ3v) is 3.78. The second kappa shape index (κ2) is 5.07. The number of phenols is 1. The van der Waals surface area contributed by atoms with E-state index in [9.17, 15) is 5.11 Å². The molecule has 0 spiro atoms. The minimum Gasteiger partial charge on any atom is -0.507 e. The van der Waals surface area contributed by atoms with Crippen LogP contribution in [-0.2, 0) is 11.3 Å². The predicted octanol–water partition coefficient (Wildman–Crippen LogP) is 2.36. The minimum absolute atomic E-state index is 0.0411. The fourth-order valence-electron chi connectivity index (χ4n) is 2.31. The van der Waals surface area contributed by atoms with Gasteiger partial charge in [-0.15, -0.1) is 0 Å². The third kappa shape index (κ3) is 2.61. The van der Waals surface area contributed by atoms with Gasteiger partial charge in [0.2, 0.25) is 0 Å². The first-order chi connectivity index (χ1) is 8.17. The lowest BCUT2D eigenvalue weighted by Gasteiger charge is -2.40. The van der Waals surface area contributed by atoms with Gasteiger partial charge in [0.25, 0.3) is 0 Å². The van der Waals surface area contributed by atoms with Crippen LogP contribution in [0.15, 0.2) is 18.2 Å². The van der Waals surface area contributed by atoms with Gasteiger partial charge in [0, 0.05) is 25.8 Å². The summed E-state index contributed by atoms with van der Waals surface area (Å²) in [6.45, 7) is 3.47. The maximum Gasteiger partial charge on any atom is 0.122 e. The lowest BCUT2D eigenvalue weighted by atomic mass is 9.80. The Hall–Kier alpha value is -1.06. The summed E-state index contributed by atoms with van der Waals surface area (Å²) in [4.78, 5) is 0. The van der Waals surface area contributed by atoms with E-state index in [0.29, 0.717) is 12.3 Å². The summed E-state index contributed by atoms with van der Waals surface area (Å²) in [6, 6.07) is 5.85.